The maximum absolute atomic E-state index is 12.5. The van der Waals surface area contributed by atoms with Gasteiger partial charge >= 0.3 is 5.97 Å². The lowest BCUT2D eigenvalue weighted by Crippen LogP contribution is -2.13. The molecule has 2 N–H and O–H groups in total. The molecule has 0 bridgehead atoms. The molecule has 0 unspecified atom stereocenters. The third kappa shape index (κ3) is 4.97. The molecule has 1 amide bonds. The SMILES string of the molecule is COc1cccc(C(=O)Nc2ccc(CCCC(=O)O)cc2)c1OC. The second-order valence-corrected chi connectivity index (χ2v) is 5.44. The van der Waals surface area contributed by atoms with E-state index in [0.29, 0.717) is 35.6 Å². The molecule has 0 heterocycles. The molecule has 0 saturated heterocycles. The Hall–Kier alpha value is -3.02. The van der Waals surface area contributed by atoms with Crippen LogP contribution in [0, 0.1) is 0 Å². The first kappa shape index (κ1) is 18.3. The zero-order valence-electron chi connectivity index (χ0n) is 14.2. The quantitative estimate of drug-likeness (QED) is 0.768. The third-order valence-corrected chi connectivity index (χ3v) is 3.72. The minimum atomic E-state index is -0.795. The molecule has 0 aliphatic rings. The third-order valence-electron chi connectivity index (χ3n) is 3.72. The molecule has 6 heteroatoms. The number of amides is 1. The number of benzene rings is 2. The molecule has 2 aromatic carbocycles. The van der Waals surface area contributed by atoms with Gasteiger partial charge in [0.2, 0.25) is 0 Å². The van der Waals surface area contributed by atoms with Crippen LogP contribution in [0.2, 0.25) is 0 Å². The minimum Gasteiger partial charge on any atom is -0.493 e. The number of ether oxygens (including phenoxy) is 2. The highest BCUT2D eigenvalue weighted by molar-refractivity contribution is 6.06. The Balaban J connectivity index is 2.05. The summed E-state index contributed by atoms with van der Waals surface area (Å²) in [5.74, 6) is -0.220. The molecule has 0 aliphatic heterocycles. The number of para-hydroxylation sites is 1. The van der Waals surface area contributed by atoms with Gasteiger partial charge in [-0.05, 0) is 42.7 Å². The number of anilines is 1. The Bertz CT molecular complexity index is 740. The highest BCUT2D eigenvalue weighted by atomic mass is 16.5. The van der Waals surface area contributed by atoms with Crippen molar-refractivity contribution in [2.75, 3.05) is 19.5 Å². The molecule has 2 aromatic rings. The lowest BCUT2D eigenvalue weighted by atomic mass is 10.1. The number of carbonyl (C=O) groups excluding carboxylic acids is 1. The van der Waals surface area contributed by atoms with Crippen LogP contribution in [0.25, 0.3) is 0 Å². The number of hydrogen-bond acceptors (Lipinski definition) is 4. The van der Waals surface area contributed by atoms with Crippen LogP contribution in [-0.4, -0.2) is 31.2 Å². The lowest BCUT2D eigenvalue weighted by Gasteiger charge is -2.12. The van der Waals surface area contributed by atoms with Gasteiger partial charge in [0.25, 0.3) is 5.91 Å². The second kappa shape index (κ2) is 8.73. The van der Waals surface area contributed by atoms with Gasteiger partial charge in [0.15, 0.2) is 11.5 Å². The molecule has 25 heavy (non-hydrogen) atoms. The van der Waals surface area contributed by atoms with Gasteiger partial charge in [-0.25, -0.2) is 0 Å². The summed E-state index contributed by atoms with van der Waals surface area (Å²) >= 11 is 0. The van der Waals surface area contributed by atoms with Crippen molar-refractivity contribution in [2.45, 2.75) is 19.3 Å². The van der Waals surface area contributed by atoms with E-state index in [0.717, 1.165) is 5.56 Å². The molecule has 0 saturated carbocycles. The first-order valence-corrected chi connectivity index (χ1v) is 7.88. The number of rotatable bonds is 8. The summed E-state index contributed by atoms with van der Waals surface area (Å²) < 4.78 is 10.5. The summed E-state index contributed by atoms with van der Waals surface area (Å²) in [6.07, 6.45) is 1.42. The predicted molar refractivity (Wildman–Crippen MR) is 94.5 cm³/mol. The van der Waals surface area contributed by atoms with Crippen molar-refractivity contribution in [2.24, 2.45) is 0 Å². The van der Waals surface area contributed by atoms with Crippen LogP contribution in [-0.2, 0) is 11.2 Å². The molecular formula is C19H21NO5. The number of carboxylic acid groups (broad SMARTS) is 1. The molecule has 0 aliphatic carbocycles. The van der Waals surface area contributed by atoms with Crippen molar-refractivity contribution in [3.8, 4) is 11.5 Å². The topological polar surface area (TPSA) is 84.9 Å². The van der Waals surface area contributed by atoms with Crippen LogP contribution in [0.3, 0.4) is 0 Å². The van der Waals surface area contributed by atoms with Gasteiger partial charge in [-0.3, -0.25) is 9.59 Å². The molecular weight excluding hydrogens is 322 g/mol. The van der Waals surface area contributed by atoms with Crippen molar-refractivity contribution in [1.82, 2.24) is 0 Å². The first-order valence-electron chi connectivity index (χ1n) is 7.88. The monoisotopic (exact) mass is 343 g/mol. The van der Waals surface area contributed by atoms with Gasteiger partial charge in [-0.15, -0.1) is 0 Å². The van der Waals surface area contributed by atoms with Crippen molar-refractivity contribution in [3.05, 3.63) is 53.6 Å². The van der Waals surface area contributed by atoms with Crippen molar-refractivity contribution < 1.29 is 24.2 Å². The number of aliphatic carboxylic acids is 1. The fraction of sp³-hybridized carbons (Fsp3) is 0.263. The molecule has 0 spiro atoms. The maximum Gasteiger partial charge on any atom is 0.303 e. The molecule has 0 atom stereocenters. The standard InChI is InChI=1S/C19H21NO5/c1-24-16-7-4-6-15(18(16)25-2)19(23)20-14-11-9-13(10-12-14)5-3-8-17(21)22/h4,6-7,9-12H,3,5,8H2,1-2H3,(H,20,23)(H,21,22). The second-order valence-electron chi connectivity index (χ2n) is 5.44. The normalized spacial score (nSPS) is 10.2. The van der Waals surface area contributed by atoms with Gasteiger partial charge in [0, 0.05) is 12.1 Å². The molecule has 2 rings (SSSR count). The van der Waals surface area contributed by atoms with Crippen LogP contribution >= 0.6 is 0 Å². The molecule has 132 valence electrons. The van der Waals surface area contributed by atoms with E-state index in [1.54, 1.807) is 30.3 Å². The van der Waals surface area contributed by atoms with Gasteiger partial charge in [0.1, 0.15) is 0 Å². The zero-order chi connectivity index (χ0) is 18.2. The minimum absolute atomic E-state index is 0.147. The molecule has 0 aromatic heterocycles. The predicted octanol–water partition coefficient (Wildman–Crippen LogP) is 3.36. The first-order chi connectivity index (χ1) is 12.0. The Morgan fingerprint density at radius 2 is 1.76 bits per heavy atom. The van der Waals surface area contributed by atoms with Crippen LogP contribution < -0.4 is 14.8 Å². The Morgan fingerprint density at radius 1 is 1.04 bits per heavy atom. The number of carboxylic acids is 1. The van der Waals surface area contributed by atoms with E-state index >= 15 is 0 Å². The molecule has 0 radical (unpaired) electrons. The van der Waals surface area contributed by atoms with Crippen molar-refractivity contribution in [1.29, 1.82) is 0 Å². The van der Waals surface area contributed by atoms with Crippen molar-refractivity contribution >= 4 is 17.6 Å². The number of methoxy groups -OCH3 is 2. The summed E-state index contributed by atoms with van der Waals surface area (Å²) in [7, 11) is 3.00. The highest BCUT2D eigenvalue weighted by Gasteiger charge is 2.16. The summed E-state index contributed by atoms with van der Waals surface area (Å²) in [4.78, 5) is 23.0. The Kier molecular flexibility index (Phi) is 6.39. The number of nitrogens with one attached hydrogen (secondary N) is 1. The van der Waals surface area contributed by atoms with E-state index in [1.165, 1.54) is 14.2 Å². The maximum atomic E-state index is 12.5. The van der Waals surface area contributed by atoms with E-state index in [9.17, 15) is 9.59 Å². The highest BCUT2D eigenvalue weighted by Crippen LogP contribution is 2.31. The zero-order valence-corrected chi connectivity index (χ0v) is 14.2. The van der Waals surface area contributed by atoms with Gasteiger partial charge in [-0.2, -0.15) is 0 Å². The lowest BCUT2D eigenvalue weighted by molar-refractivity contribution is -0.137. The van der Waals surface area contributed by atoms with E-state index in [4.69, 9.17) is 14.6 Å². The van der Waals surface area contributed by atoms with Gasteiger partial charge in [0.05, 0.1) is 19.8 Å². The number of aryl methyl sites for hydroxylation is 1. The average molecular weight is 343 g/mol. The number of hydrogen-bond donors (Lipinski definition) is 2. The fourth-order valence-electron chi connectivity index (χ4n) is 2.46. The van der Waals surface area contributed by atoms with E-state index in [2.05, 4.69) is 5.32 Å². The van der Waals surface area contributed by atoms with E-state index < -0.39 is 5.97 Å². The van der Waals surface area contributed by atoms with Gasteiger partial charge in [-0.1, -0.05) is 18.2 Å². The van der Waals surface area contributed by atoms with E-state index in [-0.39, 0.29) is 12.3 Å². The van der Waals surface area contributed by atoms with Crippen LogP contribution in [0.1, 0.15) is 28.8 Å². The van der Waals surface area contributed by atoms with Crippen LogP contribution in [0.4, 0.5) is 5.69 Å². The average Bonchev–Trinajstić information content (AvgIpc) is 2.62. The van der Waals surface area contributed by atoms with Crippen molar-refractivity contribution in [3.63, 3.8) is 0 Å². The van der Waals surface area contributed by atoms with Crippen LogP contribution in [0.5, 0.6) is 11.5 Å². The summed E-state index contributed by atoms with van der Waals surface area (Å²) in [6, 6.07) is 12.4. The summed E-state index contributed by atoms with van der Waals surface area (Å²) in [6.45, 7) is 0. The Labute approximate surface area is 146 Å². The fourth-order valence-corrected chi connectivity index (χ4v) is 2.46. The number of carbonyl (C=O) groups is 2. The van der Waals surface area contributed by atoms with Crippen LogP contribution in [0.15, 0.2) is 42.5 Å². The van der Waals surface area contributed by atoms with Gasteiger partial charge < -0.3 is 19.9 Å². The van der Waals surface area contributed by atoms with E-state index in [1.807, 2.05) is 12.1 Å². The summed E-state index contributed by atoms with van der Waals surface area (Å²) in [5.41, 5.74) is 2.06. The molecule has 0 fully saturated rings. The molecule has 6 nitrogen and oxygen atoms in total. The smallest absolute Gasteiger partial charge is 0.303 e. The Morgan fingerprint density at radius 3 is 2.36 bits per heavy atom. The largest absolute Gasteiger partial charge is 0.493 e. The summed E-state index contributed by atoms with van der Waals surface area (Å²) in [5, 5.41) is 11.5.